The third kappa shape index (κ3) is 5.02. The summed E-state index contributed by atoms with van der Waals surface area (Å²) < 4.78 is 18.4. The summed E-state index contributed by atoms with van der Waals surface area (Å²) in [7, 11) is 1.64. The number of rotatable bonds is 8. The van der Waals surface area contributed by atoms with Crippen LogP contribution in [0, 0.1) is 0 Å². The van der Waals surface area contributed by atoms with Gasteiger partial charge in [0.15, 0.2) is 0 Å². The van der Waals surface area contributed by atoms with E-state index in [9.17, 15) is 10.2 Å². The van der Waals surface area contributed by atoms with Crippen molar-refractivity contribution in [2.45, 2.75) is 37.6 Å². The molecule has 0 radical (unpaired) electrons. The Morgan fingerprint density at radius 1 is 1.10 bits per heavy atom. The minimum atomic E-state index is -0.501. The van der Waals surface area contributed by atoms with Gasteiger partial charge in [-0.3, -0.25) is 0 Å². The normalized spacial score (nSPS) is 21.8. The van der Waals surface area contributed by atoms with Crippen molar-refractivity contribution in [2.75, 3.05) is 26.9 Å². The number of methoxy groups -OCH3 is 1. The van der Waals surface area contributed by atoms with Gasteiger partial charge in [0, 0.05) is 41.5 Å². The molecule has 6 heteroatoms. The van der Waals surface area contributed by atoms with Gasteiger partial charge in [-0.1, -0.05) is 24.3 Å². The third-order valence-corrected chi connectivity index (χ3v) is 6.52. The van der Waals surface area contributed by atoms with E-state index < -0.39 is 6.10 Å². The van der Waals surface area contributed by atoms with Crippen molar-refractivity contribution in [3.8, 4) is 5.75 Å². The largest absolute Gasteiger partial charge is 0.491 e. The van der Waals surface area contributed by atoms with Gasteiger partial charge in [0.05, 0.1) is 31.5 Å². The van der Waals surface area contributed by atoms with Crippen LogP contribution in [0.15, 0.2) is 48.5 Å². The van der Waals surface area contributed by atoms with Gasteiger partial charge in [0.2, 0.25) is 0 Å². The van der Waals surface area contributed by atoms with Crippen LogP contribution in [0.2, 0.25) is 0 Å². The highest BCUT2D eigenvalue weighted by Crippen LogP contribution is 2.38. The predicted molar refractivity (Wildman–Crippen MR) is 118 cm³/mol. The minimum Gasteiger partial charge on any atom is -0.491 e. The average Bonchev–Trinajstić information content (AvgIpc) is 3.16. The topological polar surface area (TPSA) is 68.2 Å². The lowest BCUT2D eigenvalue weighted by molar-refractivity contribution is -0.114. The molecule has 0 aliphatic carbocycles. The van der Waals surface area contributed by atoms with Crippen LogP contribution < -0.4 is 4.74 Å². The van der Waals surface area contributed by atoms with Gasteiger partial charge in [-0.2, -0.15) is 0 Å². The quantitative estimate of drug-likeness (QED) is 0.529. The van der Waals surface area contributed by atoms with E-state index in [1.807, 2.05) is 6.07 Å². The molecule has 0 amide bonds. The maximum atomic E-state index is 10.3. The average molecular weight is 429 g/mol. The molecule has 30 heavy (non-hydrogen) atoms. The molecule has 0 saturated carbocycles. The Bertz CT molecular complexity index is 936. The Labute approximate surface area is 180 Å². The monoisotopic (exact) mass is 428 g/mol. The molecule has 5 nitrogen and oxygen atoms in total. The van der Waals surface area contributed by atoms with Crippen LogP contribution >= 0.6 is 11.3 Å². The molecular formula is C24H28O5S. The zero-order chi connectivity index (χ0) is 20.9. The van der Waals surface area contributed by atoms with E-state index in [2.05, 4.69) is 42.5 Å². The second-order valence-electron chi connectivity index (χ2n) is 7.70. The number of hydrogen-bond donors (Lipinski definition) is 2. The highest BCUT2D eigenvalue weighted by Gasteiger charge is 2.31. The first-order valence-corrected chi connectivity index (χ1v) is 11.1. The second-order valence-corrected chi connectivity index (χ2v) is 8.86. The van der Waals surface area contributed by atoms with E-state index >= 15 is 0 Å². The van der Waals surface area contributed by atoms with Gasteiger partial charge in [0.25, 0.3) is 0 Å². The first-order chi connectivity index (χ1) is 14.7. The summed E-state index contributed by atoms with van der Waals surface area (Å²) in [6.07, 6.45) is 0.586. The molecule has 2 aromatic carbocycles. The van der Waals surface area contributed by atoms with E-state index in [1.54, 1.807) is 18.4 Å². The van der Waals surface area contributed by atoms with Crippen LogP contribution in [0.25, 0.3) is 10.1 Å². The fraction of sp³-hybridized carbons (Fsp3) is 0.417. The highest BCUT2D eigenvalue weighted by atomic mass is 32.1. The minimum absolute atomic E-state index is 0.102. The van der Waals surface area contributed by atoms with E-state index in [0.29, 0.717) is 26.1 Å². The van der Waals surface area contributed by atoms with Crippen molar-refractivity contribution in [3.63, 3.8) is 0 Å². The van der Waals surface area contributed by atoms with Crippen LogP contribution in [0.5, 0.6) is 5.75 Å². The summed E-state index contributed by atoms with van der Waals surface area (Å²) >= 11 is 1.81. The van der Waals surface area contributed by atoms with Crippen molar-refractivity contribution in [1.29, 1.82) is 0 Å². The number of aliphatic hydroxyl groups excluding tert-OH is 2. The van der Waals surface area contributed by atoms with Gasteiger partial charge in [0.1, 0.15) is 12.4 Å². The van der Waals surface area contributed by atoms with Crippen LogP contribution in [0.4, 0.5) is 0 Å². The smallest absolute Gasteiger partial charge is 0.125 e. The molecule has 3 atom stereocenters. The summed E-state index contributed by atoms with van der Waals surface area (Å²) in [5, 5.41) is 21.1. The molecule has 2 heterocycles. The predicted octanol–water partition coefficient (Wildman–Crippen LogP) is 4.09. The van der Waals surface area contributed by atoms with E-state index in [4.69, 9.17) is 14.2 Å². The summed E-state index contributed by atoms with van der Waals surface area (Å²) in [5.41, 5.74) is 2.08. The Morgan fingerprint density at radius 2 is 1.97 bits per heavy atom. The Hall–Kier alpha value is -1.96. The van der Waals surface area contributed by atoms with Crippen LogP contribution in [-0.4, -0.2) is 49.4 Å². The summed E-state index contributed by atoms with van der Waals surface area (Å²) in [4.78, 5) is 1.30. The standard InChI is InChI=1S/C24H28O5S/c1-27-8-9-28-22-7-6-16(10-20-12-17-4-2-3-5-24(17)30-20)11-21(22)23-14-18(26)13-19(15-25)29-23/h2-7,11-12,18-19,23,25-26H,8-10,13-15H2,1H3/t18?,19-,23?/m0/s1. The van der Waals surface area contributed by atoms with Crippen LogP contribution in [0.1, 0.15) is 34.9 Å². The molecule has 1 aromatic heterocycles. The second kappa shape index (κ2) is 9.90. The highest BCUT2D eigenvalue weighted by molar-refractivity contribution is 7.19. The van der Waals surface area contributed by atoms with Gasteiger partial charge in [-0.25, -0.2) is 0 Å². The zero-order valence-electron chi connectivity index (χ0n) is 17.1. The lowest BCUT2D eigenvalue weighted by Gasteiger charge is -2.33. The number of benzene rings is 2. The fourth-order valence-electron chi connectivity index (χ4n) is 3.96. The molecule has 1 fully saturated rings. The lowest BCUT2D eigenvalue weighted by atomic mass is 9.94. The van der Waals surface area contributed by atoms with Crippen molar-refractivity contribution in [2.24, 2.45) is 0 Å². The molecule has 1 aliphatic heterocycles. The molecule has 4 rings (SSSR count). The Balaban J connectivity index is 1.61. The fourth-order valence-corrected chi connectivity index (χ4v) is 5.06. The molecular weight excluding hydrogens is 400 g/mol. The van der Waals surface area contributed by atoms with Crippen LogP contribution in [-0.2, 0) is 15.9 Å². The summed E-state index contributed by atoms with van der Waals surface area (Å²) in [6.45, 7) is 0.836. The Morgan fingerprint density at radius 3 is 2.77 bits per heavy atom. The maximum absolute atomic E-state index is 10.3. The zero-order valence-corrected chi connectivity index (χ0v) is 17.9. The molecule has 0 spiro atoms. The van der Waals surface area contributed by atoms with Crippen LogP contribution in [0.3, 0.4) is 0 Å². The third-order valence-electron chi connectivity index (χ3n) is 5.40. The van der Waals surface area contributed by atoms with Gasteiger partial charge >= 0.3 is 0 Å². The van der Waals surface area contributed by atoms with Crippen molar-refractivity contribution in [3.05, 3.63) is 64.5 Å². The first kappa shape index (κ1) is 21.3. The van der Waals surface area contributed by atoms with E-state index in [0.717, 1.165) is 17.7 Å². The van der Waals surface area contributed by atoms with Crippen molar-refractivity contribution in [1.82, 2.24) is 0 Å². The molecule has 3 aromatic rings. The lowest BCUT2D eigenvalue weighted by Crippen LogP contribution is -2.33. The Kier molecular flexibility index (Phi) is 7.02. The van der Waals surface area contributed by atoms with Gasteiger partial charge in [-0.05, 0) is 35.2 Å². The molecule has 2 N–H and O–H groups in total. The number of thiophene rings is 1. The first-order valence-electron chi connectivity index (χ1n) is 10.3. The van der Waals surface area contributed by atoms with Gasteiger partial charge in [-0.15, -0.1) is 11.3 Å². The summed E-state index contributed by atoms with van der Waals surface area (Å²) in [6, 6.07) is 16.8. The molecule has 1 saturated heterocycles. The molecule has 0 bridgehead atoms. The molecule has 2 unspecified atom stereocenters. The van der Waals surface area contributed by atoms with Crippen molar-refractivity contribution < 1.29 is 24.4 Å². The van der Waals surface area contributed by atoms with Gasteiger partial charge < -0.3 is 24.4 Å². The maximum Gasteiger partial charge on any atom is 0.125 e. The molecule has 160 valence electrons. The summed E-state index contributed by atoms with van der Waals surface area (Å²) in [5.74, 6) is 0.739. The number of hydrogen-bond acceptors (Lipinski definition) is 6. The molecule has 1 aliphatic rings. The van der Waals surface area contributed by atoms with E-state index in [1.165, 1.54) is 20.5 Å². The van der Waals surface area contributed by atoms with E-state index in [-0.39, 0.29) is 18.8 Å². The number of fused-ring (bicyclic) bond motifs is 1. The van der Waals surface area contributed by atoms with Crippen molar-refractivity contribution >= 4 is 21.4 Å². The number of aliphatic hydroxyl groups is 2. The SMILES string of the molecule is COCCOc1ccc(Cc2cc3ccccc3s2)cc1C1CC(O)C[C@@H](CO)O1. The number of ether oxygens (including phenoxy) is 3.